The van der Waals surface area contributed by atoms with Gasteiger partial charge in [-0.3, -0.25) is 9.69 Å². The minimum Gasteiger partial charge on any atom is -0.497 e. The summed E-state index contributed by atoms with van der Waals surface area (Å²) < 4.78 is 10.7. The Labute approximate surface area is 192 Å². The number of halogens is 1. The first-order chi connectivity index (χ1) is 15.5. The van der Waals surface area contributed by atoms with E-state index < -0.39 is 0 Å². The Bertz CT molecular complexity index is 1040. The second kappa shape index (κ2) is 10.1. The number of carbonyl (C=O) groups excluding carboxylic acids is 1. The van der Waals surface area contributed by atoms with Gasteiger partial charge in [0.25, 0.3) is 0 Å². The number of amides is 1. The number of hydrogen-bond donors (Lipinski definition) is 0. The number of benzene rings is 2. The maximum Gasteiger partial charge on any atom is 0.241 e. The Morgan fingerprint density at radius 3 is 2.69 bits per heavy atom. The van der Waals surface area contributed by atoms with Gasteiger partial charge in [-0.15, -0.1) is 0 Å². The molecule has 4 rings (SSSR count). The number of carbonyl (C=O) groups is 1. The van der Waals surface area contributed by atoms with Crippen molar-refractivity contribution in [2.45, 2.75) is 25.9 Å². The van der Waals surface area contributed by atoms with Gasteiger partial charge in [0, 0.05) is 30.7 Å². The van der Waals surface area contributed by atoms with Crippen molar-refractivity contribution in [1.29, 1.82) is 0 Å². The molecule has 1 aliphatic heterocycles. The van der Waals surface area contributed by atoms with Gasteiger partial charge >= 0.3 is 0 Å². The summed E-state index contributed by atoms with van der Waals surface area (Å²) in [6, 6.07) is 15.1. The number of rotatable bonds is 7. The molecular formula is C24H27ClN4O3. The van der Waals surface area contributed by atoms with Crippen LogP contribution in [-0.4, -0.2) is 53.1 Å². The molecule has 2 heterocycles. The standard InChI is InChI=1S/C24H27ClN4O3/c1-28(14-17-5-9-20(25)10-6-17)24(30)19-4-3-13-29(15-19)16-22-26-23(27-32-22)18-7-11-21(31-2)12-8-18/h5-12,19H,3-4,13-16H2,1-2H3. The molecule has 0 N–H and O–H groups in total. The minimum atomic E-state index is -0.0370. The highest BCUT2D eigenvalue weighted by Crippen LogP contribution is 2.23. The number of aromatic nitrogens is 2. The van der Waals surface area contributed by atoms with E-state index in [2.05, 4.69) is 15.0 Å². The predicted molar refractivity (Wildman–Crippen MR) is 122 cm³/mol. The second-order valence-electron chi connectivity index (χ2n) is 8.14. The van der Waals surface area contributed by atoms with Crippen molar-refractivity contribution in [3.8, 4) is 17.1 Å². The summed E-state index contributed by atoms with van der Waals surface area (Å²) in [7, 11) is 3.49. The van der Waals surface area contributed by atoms with E-state index in [0.717, 1.165) is 36.3 Å². The molecule has 3 aromatic rings. The average molecular weight is 455 g/mol. The van der Waals surface area contributed by atoms with E-state index in [1.807, 2.05) is 55.6 Å². The molecule has 1 unspecified atom stereocenters. The van der Waals surface area contributed by atoms with Crippen LogP contribution in [0.5, 0.6) is 5.75 Å². The zero-order valence-corrected chi connectivity index (χ0v) is 19.1. The van der Waals surface area contributed by atoms with Gasteiger partial charge in [-0.05, 0) is 61.3 Å². The normalized spacial score (nSPS) is 16.7. The predicted octanol–water partition coefficient (Wildman–Crippen LogP) is 4.27. The molecule has 0 saturated carbocycles. The summed E-state index contributed by atoms with van der Waals surface area (Å²) >= 11 is 5.96. The summed E-state index contributed by atoms with van der Waals surface area (Å²) in [5.41, 5.74) is 1.94. The molecule has 32 heavy (non-hydrogen) atoms. The van der Waals surface area contributed by atoms with E-state index in [1.54, 1.807) is 12.0 Å². The summed E-state index contributed by atoms with van der Waals surface area (Å²) in [4.78, 5) is 21.6. The molecule has 1 aliphatic rings. The second-order valence-corrected chi connectivity index (χ2v) is 8.57. The van der Waals surface area contributed by atoms with Gasteiger partial charge in [-0.1, -0.05) is 28.9 Å². The maximum atomic E-state index is 13.0. The van der Waals surface area contributed by atoms with E-state index in [4.69, 9.17) is 20.9 Å². The van der Waals surface area contributed by atoms with Crippen LogP contribution in [-0.2, 0) is 17.9 Å². The number of hydrogen-bond acceptors (Lipinski definition) is 6. The molecule has 0 radical (unpaired) electrons. The van der Waals surface area contributed by atoms with Gasteiger partial charge in [-0.25, -0.2) is 0 Å². The van der Waals surface area contributed by atoms with E-state index in [9.17, 15) is 4.79 Å². The van der Waals surface area contributed by atoms with Crippen molar-refractivity contribution in [3.05, 3.63) is 65.0 Å². The lowest BCUT2D eigenvalue weighted by molar-refractivity contribution is -0.136. The molecule has 1 fully saturated rings. The molecule has 1 amide bonds. The van der Waals surface area contributed by atoms with E-state index in [-0.39, 0.29) is 11.8 Å². The zero-order valence-electron chi connectivity index (χ0n) is 18.3. The Balaban J connectivity index is 1.34. The number of piperidine rings is 1. The van der Waals surface area contributed by atoms with Crippen LogP contribution in [0.1, 0.15) is 24.3 Å². The zero-order chi connectivity index (χ0) is 22.5. The molecular weight excluding hydrogens is 428 g/mol. The fourth-order valence-electron chi connectivity index (χ4n) is 4.02. The lowest BCUT2D eigenvalue weighted by Crippen LogP contribution is -2.43. The highest BCUT2D eigenvalue weighted by Gasteiger charge is 2.29. The molecule has 0 aliphatic carbocycles. The third kappa shape index (κ3) is 5.47. The highest BCUT2D eigenvalue weighted by atomic mass is 35.5. The number of likely N-dealkylation sites (tertiary alicyclic amines) is 1. The topological polar surface area (TPSA) is 71.7 Å². The molecule has 8 heteroatoms. The molecule has 168 valence electrons. The van der Waals surface area contributed by atoms with Gasteiger partial charge in [0.1, 0.15) is 5.75 Å². The van der Waals surface area contributed by atoms with Crippen molar-refractivity contribution in [1.82, 2.24) is 19.9 Å². The smallest absolute Gasteiger partial charge is 0.241 e. The molecule has 0 bridgehead atoms. The van der Waals surface area contributed by atoms with Gasteiger partial charge in [0.15, 0.2) is 0 Å². The van der Waals surface area contributed by atoms with Crippen LogP contribution in [0.15, 0.2) is 53.1 Å². The van der Waals surface area contributed by atoms with Crippen molar-refractivity contribution in [2.24, 2.45) is 5.92 Å². The van der Waals surface area contributed by atoms with Crippen LogP contribution in [0.2, 0.25) is 5.02 Å². The van der Waals surface area contributed by atoms with Crippen molar-refractivity contribution in [3.63, 3.8) is 0 Å². The average Bonchev–Trinajstić information content (AvgIpc) is 3.28. The summed E-state index contributed by atoms with van der Waals surface area (Å²) in [6.07, 6.45) is 1.85. The first-order valence-electron chi connectivity index (χ1n) is 10.7. The monoisotopic (exact) mass is 454 g/mol. The summed E-state index contributed by atoms with van der Waals surface area (Å²) in [6.45, 7) is 2.70. The lowest BCUT2D eigenvalue weighted by Gasteiger charge is -2.33. The summed E-state index contributed by atoms with van der Waals surface area (Å²) in [5.74, 6) is 2.01. The van der Waals surface area contributed by atoms with Crippen LogP contribution >= 0.6 is 11.6 Å². The molecule has 1 aromatic heterocycles. The van der Waals surface area contributed by atoms with E-state index in [1.165, 1.54) is 0 Å². The number of ether oxygens (including phenoxy) is 1. The van der Waals surface area contributed by atoms with E-state index in [0.29, 0.717) is 36.4 Å². The first-order valence-corrected chi connectivity index (χ1v) is 11.1. The molecule has 2 aromatic carbocycles. The Morgan fingerprint density at radius 2 is 1.97 bits per heavy atom. The fraction of sp³-hybridized carbons (Fsp3) is 0.375. The third-order valence-corrected chi connectivity index (χ3v) is 5.99. The van der Waals surface area contributed by atoms with Gasteiger partial charge in [0.2, 0.25) is 17.6 Å². The molecule has 0 spiro atoms. The van der Waals surface area contributed by atoms with E-state index >= 15 is 0 Å². The lowest BCUT2D eigenvalue weighted by atomic mass is 9.96. The first kappa shape index (κ1) is 22.3. The van der Waals surface area contributed by atoms with Crippen molar-refractivity contribution in [2.75, 3.05) is 27.2 Å². The quantitative estimate of drug-likeness (QED) is 0.531. The van der Waals surface area contributed by atoms with Gasteiger partial charge in [-0.2, -0.15) is 4.98 Å². The number of nitrogens with zero attached hydrogens (tertiary/aromatic N) is 4. The molecule has 7 nitrogen and oxygen atoms in total. The maximum absolute atomic E-state index is 13.0. The van der Waals surface area contributed by atoms with Crippen molar-refractivity contribution < 1.29 is 14.1 Å². The van der Waals surface area contributed by atoms with Crippen LogP contribution < -0.4 is 4.74 Å². The van der Waals surface area contributed by atoms with Crippen LogP contribution in [0.4, 0.5) is 0 Å². The van der Waals surface area contributed by atoms with Crippen LogP contribution in [0.25, 0.3) is 11.4 Å². The molecule has 1 saturated heterocycles. The minimum absolute atomic E-state index is 0.0370. The fourth-order valence-corrected chi connectivity index (χ4v) is 4.15. The Hall–Kier alpha value is -2.90. The summed E-state index contributed by atoms with van der Waals surface area (Å²) in [5, 5.41) is 4.80. The van der Waals surface area contributed by atoms with Gasteiger partial charge in [0.05, 0.1) is 19.6 Å². The van der Waals surface area contributed by atoms with Gasteiger partial charge < -0.3 is 14.2 Å². The van der Waals surface area contributed by atoms with Crippen molar-refractivity contribution >= 4 is 17.5 Å². The largest absolute Gasteiger partial charge is 0.497 e. The van der Waals surface area contributed by atoms with Crippen LogP contribution in [0, 0.1) is 5.92 Å². The number of methoxy groups -OCH3 is 1. The highest BCUT2D eigenvalue weighted by molar-refractivity contribution is 6.30. The Morgan fingerprint density at radius 1 is 1.22 bits per heavy atom. The third-order valence-electron chi connectivity index (χ3n) is 5.74. The Kier molecular flexibility index (Phi) is 7.07. The molecule has 1 atom stereocenters. The van der Waals surface area contributed by atoms with Crippen LogP contribution in [0.3, 0.4) is 0 Å². The SMILES string of the molecule is COc1ccc(-c2noc(CN3CCCC(C(=O)N(C)Cc4ccc(Cl)cc4)C3)n2)cc1.